The second kappa shape index (κ2) is 8.24. The van der Waals surface area contributed by atoms with Gasteiger partial charge in [-0.2, -0.15) is 0 Å². The Morgan fingerprint density at radius 1 is 1.24 bits per heavy atom. The van der Waals surface area contributed by atoms with Gasteiger partial charge in [-0.1, -0.05) is 39.2 Å². The van der Waals surface area contributed by atoms with Crippen molar-refractivity contribution in [1.29, 1.82) is 0 Å². The number of hydrogen-bond acceptors (Lipinski definition) is 2. The summed E-state index contributed by atoms with van der Waals surface area (Å²) in [5.41, 5.74) is 2.47. The average molecular weight is 234 g/mol. The molecular weight excluding hydrogens is 208 g/mol. The van der Waals surface area contributed by atoms with Crippen molar-refractivity contribution in [2.75, 3.05) is 0 Å². The molecule has 0 saturated heterocycles. The minimum Gasteiger partial charge on any atom is -0.308 e. The van der Waals surface area contributed by atoms with Gasteiger partial charge < -0.3 is 5.32 Å². The Balaban J connectivity index is 2.42. The lowest BCUT2D eigenvalue weighted by molar-refractivity contribution is 0.431. The molecule has 1 N–H and O–H groups in total. The fourth-order valence-electron chi connectivity index (χ4n) is 2.09. The van der Waals surface area contributed by atoms with Crippen LogP contribution in [-0.2, 0) is 6.54 Å². The highest BCUT2D eigenvalue weighted by Gasteiger charge is 2.07. The van der Waals surface area contributed by atoms with Crippen molar-refractivity contribution in [3.05, 3.63) is 29.6 Å². The minimum absolute atomic E-state index is 0.654. The summed E-state index contributed by atoms with van der Waals surface area (Å²) in [6, 6.07) is 4.78. The standard InChI is InChI=1S/C15H26N2/c1-4-6-10-14(8-5-2)17-12-15-13(3)9-7-11-16-15/h7,9,11,14,17H,4-6,8,10,12H2,1-3H3. The van der Waals surface area contributed by atoms with Crippen LogP contribution in [0.5, 0.6) is 0 Å². The molecule has 1 aromatic heterocycles. The number of pyridine rings is 1. The summed E-state index contributed by atoms with van der Waals surface area (Å²) < 4.78 is 0. The Morgan fingerprint density at radius 2 is 2.06 bits per heavy atom. The number of aromatic nitrogens is 1. The zero-order valence-corrected chi connectivity index (χ0v) is 11.5. The van der Waals surface area contributed by atoms with Gasteiger partial charge in [-0.3, -0.25) is 4.98 Å². The van der Waals surface area contributed by atoms with Crippen molar-refractivity contribution in [1.82, 2.24) is 10.3 Å². The Hall–Kier alpha value is -0.890. The number of nitrogens with zero attached hydrogens (tertiary/aromatic N) is 1. The van der Waals surface area contributed by atoms with Crippen LogP contribution in [-0.4, -0.2) is 11.0 Å². The van der Waals surface area contributed by atoms with Crippen LogP contribution < -0.4 is 5.32 Å². The van der Waals surface area contributed by atoms with Gasteiger partial charge in [0.15, 0.2) is 0 Å². The molecule has 0 amide bonds. The molecule has 0 saturated carbocycles. The molecule has 0 aliphatic carbocycles. The Kier molecular flexibility index (Phi) is 6.87. The van der Waals surface area contributed by atoms with E-state index in [1.165, 1.54) is 43.4 Å². The van der Waals surface area contributed by atoms with Crippen LogP contribution in [0.1, 0.15) is 57.2 Å². The molecule has 1 atom stereocenters. The minimum atomic E-state index is 0.654. The maximum absolute atomic E-state index is 4.43. The molecule has 1 heterocycles. The highest BCUT2D eigenvalue weighted by molar-refractivity contribution is 5.17. The molecule has 17 heavy (non-hydrogen) atoms. The molecule has 0 aromatic carbocycles. The maximum Gasteiger partial charge on any atom is 0.0570 e. The lowest BCUT2D eigenvalue weighted by atomic mass is 10.0. The molecule has 1 rings (SSSR count). The van der Waals surface area contributed by atoms with E-state index >= 15 is 0 Å². The fraction of sp³-hybridized carbons (Fsp3) is 0.667. The monoisotopic (exact) mass is 234 g/mol. The summed E-state index contributed by atoms with van der Waals surface area (Å²) >= 11 is 0. The van der Waals surface area contributed by atoms with E-state index in [1.54, 1.807) is 0 Å². The van der Waals surface area contributed by atoms with Crippen LogP contribution in [0.2, 0.25) is 0 Å². The van der Waals surface area contributed by atoms with E-state index < -0.39 is 0 Å². The highest BCUT2D eigenvalue weighted by atomic mass is 14.9. The molecule has 0 bridgehead atoms. The molecule has 0 radical (unpaired) electrons. The molecule has 0 spiro atoms. The van der Waals surface area contributed by atoms with Crippen molar-refractivity contribution in [3.8, 4) is 0 Å². The normalized spacial score (nSPS) is 12.6. The van der Waals surface area contributed by atoms with E-state index in [0.29, 0.717) is 6.04 Å². The van der Waals surface area contributed by atoms with Crippen molar-refractivity contribution in [3.63, 3.8) is 0 Å². The van der Waals surface area contributed by atoms with Crippen LogP contribution in [0, 0.1) is 6.92 Å². The number of rotatable bonds is 8. The average Bonchev–Trinajstić information content (AvgIpc) is 2.34. The third kappa shape index (κ3) is 5.31. The van der Waals surface area contributed by atoms with E-state index in [2.05, 4.69) is 37.1 Å². The smallest absolute Gasteiger partial charge is 0.0570 e. The molecule has 0 aliphatic heterocycles. The van der Waals surface area contributed by atoms with Gasteiger partial charge >= 0.3 is 0 Å². The summed E-state index contributed by atoms with van der Waals surface area (Å²) in [5.74, 6) is 0. The number of aryl methyl sites for hydroxylation is 1. The van der Waals surface area contributed by atoms with E-state index in [0.717, 1.165) is 6.54 Å². The second-order valence-electron chi connectivity index (χ2n) is 4.78. The maximum atomic E-state index is 4.43. The van der Waals surface area contributed by atoms with Gasteiger partial charge in [-0.15, -0.1) is 0 Å². The fourth-order valence-corrected chi connectivity index (χ4v) is 2.09. The van der Waals surface area contributed by atoms with Gasteiger partial charge in [0.25, 0.3) is 0 Å². The third-order valence-corrected chi connectivity index (χ3v) is 3.22. The van der Waals surface area contributed by atoms with Crippen molar-refractivity contribution in [2.24, 2.45) is 0 Å². The predicted molar refractivity (Wildman–Crippen MR) is 74.0 cm³/mol. The predicted octanol–water partition coefficient (Wildman–Crippen LogP) is 3.84. The Bertz CT molecular complexity index is 310. The van der Waals surface area contributed by atoms with Gasteiger partial charge in [-0.25, -0.2) is 0 Å². The molecule has 2 nitrogen and oxygen atoms in total. The number of unbranched alkanes of at least 4 members (excludes halogenated alkanes) is 1. The largest absolute Gasteiger partial charge is 0.308 e. The van der Waals surface area contributed by atoms with E-state index in [1.807, 2.05) is 12.3 Å². The molecule has 0 fully saturated rings. The number of hydrogen-bond donors (Lipinski definition) is 1. The first-order valence-electron chi connectivity index (χ1n) is 6.91. The van der Waals surface area contributed by atoms with Crippen LogP contribution in [0.4, 0.5) is 0 Å². The summed E-state index contributed by atoms with van der Waals surface area (Å²) in [4.78, 5) is 4.43. The summed E-state index contributed by atoms with van der Waals surface area (Å²) in [7, 11) is 0. The SMILES string of the molecule is CCCCC(CCC)NCc1ncccc1C. The van der Waals surface area contributed by atoms with Crippen LogP contribution in [0.3, 0.4) is 0 Å². The molecule has 1 unspecified atom stereocenters. The van der Waals surface area contributed by atoms with Crippen molar-refractivity contribution >= 4 is 0 Å². The lowest BCUT2D eigenvalue weighted by Crippen LogP contribution is -2.29. The zero-order valence-electron chi connectivity index (χ0n) is 11.5. The first kappa shape index (κ1) is 14.2. The molecular formula is C15H26N2. The van der Waals surface area contributed by atoms with Gasteiger partial charge in [-0.05, 0) is 31.4 Å². The number of nitrogens with one attached hydrogen (secondary N) is 1. The Morgan fingerprint density at radius 3 is 2.71 bits per heavy atom. The highest BCUT2D eigenvalue weighted by Crippen LogP contribution is 2.09. The van der Waals surface area contributed by atoms with E-state index in [-0.39, 0.29) is 0 Å². The van der Waals surface area contributed by atoms with Gasteiger partial charge in [0, 0.05) is 18.8 Å². The van der Waals surface area contributed by atoms with E-state index in [4.69, 9.17) is 0 Å². The Labute approximate surface area is 106 Å². The van der Waals surface area contributed by atoms with Crippen LogP contribution >= 0.6 is 0 Å². The zero-order chi connectivity index (χ0) is 12.5. The second-order valence-corrected chi connectivity index (χ2v) is 4.78. The molecule has 1 aromatic rings. The van der Waals surface area contributed by atoms with E-state index in [9.17, 15) is 0 Å². The van der Waals surface area contributed by atoms with Gasteiger partial charge in [0.2, 0.25) is 0 Å². The van der Waals surface area contributed by atoms with Crippen LogP contribution in [0.15, 0.2) is 18.3 Å². The van der Waals surface area contributed by atoms with Crippen LogP contribution in [0.25, 0.3) is 0 Å². The first-order chi connectivity index (χ1) is 8.27. The first-order valence-corrected chi connectivity index (χ1v) is 6.91. The molecule has 2 heteroatoms. The molecule has 0 aliphatic rings. The molecule has 96 valence electrons. The summed E-state index contributed by atoms with van der Waals surface area (Å²) in [6.45, 7) is 7.55. The quantitative estimate of drug-likeness (QED) is 0.739. The topological polar surface area (TPSA) is 24.9 Å². The lowest BCUT2D eigenvalue weighted by Gasteiger charge is -2.18. The van der Waals surface area contributed by atoms with Crippen molar-refractivity contribution in [2.45, 2.75) is 65.5 Å². The summed E-state index contributed by atoms with van der Waals surface area (Å²) in [6.07, 6.45) is 8.29. The third-order valence-electron chi connectivity index (χ3n) is 3.22. The van der Waals surface area contributed by atoms with Crippen molar-refractivity contribution < 1.29 is 0 Å². The van der Waals surface area contributed by atoms with Gasteiger partial charge in [0.1, 0.15) is 0 Å². The summed E-state index contributed by atoms with van der Waals surface area (Å²) in [5, 5.41) is 3.65. The van der Waals surface area contributed by atoms with Gasteiger partial charge in [0.05, 0.1) is 5.69 Å².